The van der Waals surface area contributed by atoms with E-state index in [4.69, 9.17) is 4.74 Å². The van der Waals surface area contributed by atoms with Gasteiger partial charge in [0.2, 0.25) is 0 Å². The Balaban J connectivity index is 1.83. The Kier molecular flexibility index (Phi) is 3.04. The highest BCUT2D eigenvalue weighted by atomic mass is 16.5. The molecule has 92 valence electrons. The minimum Gasteiger partial charge on any atom is -0.508 e. The van der Waals surface area contributed by atoms with Gasteiger partial charge in [-0.05, 0) is 37.0 Å². The summed E-state index contributed by atoms with van der Waals surface area (Å²) >= 11 is 0. The molecule has 3 nitrogen and oxygen atoms in total. The fourth-order valence-electron chi connectivity index (χ4n) is 2.98. The van der Waals surface area contributed by atoms with E-state index < -0.39 is 0 Å². The summed E-state index contributed by atoms with van der Waals surface area (Å²) in [5.74, 6) is 0.319. The van der Waals surface area contributed by atoms with Gasteiger partial charge in [0.15, 0.2) is 0 Å². The molecule has 2 aliphatic rings. The number of piperidine rings is 1. The van der Waals surface area contributed by atoms with Crippen LogP contribution in [0.2, 0.25) is 0 Å². The van der Waals surface area contributed by atoms with Crippen LogP contribution in [0.25, 0.3) is 0 Å². The van der Waals surface area contributed by atoms with Crippen LogP contribution in [0.15, 0.2) is 24.3 Å². The van der Waals surface area contributed by atoms with E-state index in [-0.39, 0.29) is 6.23 Å². The monoisotopic (exact) mass is 233 g/mol. The lowest BCUT2D eigenvalue weighted by molar-refractivity contribution is -0.136. The van der Waals surface area contributed by atoms with Gasteiger partial charge in [-0.25, -0.2) is 0 Å². The van der Waals surface area contributed by atoms with E-state index in [2.05, 4.69) is 4.90 Å². The van der Waals surface area contributed by atoms with Gasteiger partial charge < -0.3 is 9.84 Å². The van der Waals surface area contributed by atoms with Gasteiger partial charge in [-0.15, -0.1) is 0 Å². The quantitative estimate of drug-likeness (QED) is 0.809. The molecule has 2 atom stereocenters. The molecular formula is C14H19NO2. The third-order valence-electron chi connectivity index (χ3n) is 3.88. The Morgan fingerprint density at radius 3 is 2.76 bits per heavy atom. The lowest BCUT2D eigenvalue weighted by Crippen LogP contribution is -2.47. The van der Waals surface area contributed by atoms with Crippen molar-refractivity contribution in [1.29, 1.82) is 0 Å². The van der Waals surface area contributed by atoms with Gasteiger partial charge in [0.05, 0.1) is 6.61 Å². The molecule has 1 aromatic rings. The number of phenols is 1. The summed E-state index contributed by atoms with van der Waals surface area (Å²) < 4.78 is 5.92. The molecule has 0 unspecified atom stereocenters. The van der Waals surface area contributed by atoms with E-state index >= 15 is 0 Å². The normalized spacial score (nSPS) is 29.9. The topological polar surface area (TPSA) is 32.7 Å². The lowest BCUT2D eigenvalue weighted by Gasteiger charge is -2.44. The number of benzene rings is 1. The molecule has 1 aromatic carbocycles. The number of fused-ring (bicyclic) bond motifs is 1. The second-order valence-electron chi connectivity index (χ2n) is 4.99. The van der Waals surface area contributed by atoms with Crippen LogP contribution in [-0.2, 0) is 4.74 Å². The molecular weight excluding hydrogens is 214 g/mol. The van der Waals surface area contributed by atoms with Crippen LogP contribution in [0.4, 0.5) is 0 Å². The van der Waals surface area contributed by atoms with Gasteiger partial charge in [0.25, 0.3) is 0 Å². The summed E-state index contributed by atoms with van der Waals surface area (Å²) in [6.45, 7) is 1.99. The van der Waals surface area contributed by atoms with Gasteiger partial charge >= 0.3 is 0 Å². The molecule has 1 N–H and O–H groups in total. The summed E-state index contributed by atoms with van der Waals surface area (Å²) in [5, 5.41) is 9.33. The summed E-state index contributed by atoms with van der Waals surface area (Å²) in [6, 6.07) is 8.11. The van der Waals surface area contributed by atoms with Gasteiger partial charge in [-0.2, -0.15) is 0 Å². The first-order valence-corrected chi connectivity index (χ1v) is 6.51. The molecule has 0 aliphatic carbocycles. The third-order valence-corrected chi connectivity index (χ3v) is 3.88. The maximum absolute atomic E-state index is 9.33. The molecule has 2 fully saturated rings. The van der Waals surface area contributed by atoms with E-state index in [1.807, 2.05) is 12.1 Å². The van der Waals surface area contributed by atoms with Crippen molar-refractivity contribution in [3.8, 4) is 5.75 Å². The maximum atomic E-state index is 9.33. The molecule has 3 heteroatoms. The van der Waals surface area contributed by atoms with Crippen molar-refractivity contribution in [1.82, 2.24) is 4.90 Å². The van der Waals surface area contributed by atoms with Crippen LogP contribution in [0.1, 0.15) is 37.5 Å². The summed E-state index contributed by atoms with van der Waals surface area (Å²) in [4.78, 5) is 2.49. The van der Waals surface area contributed by atoms with E-state index in [9.17, 15) is 5.11 Å². The van der Waals surface area contributed by atoms with Crippen molar-refractivity contribution in [2.24, 2.45) is 0 Å². The van der Waals surface area contributed by atoms with E-state index in [0.29, 0.717) is 11.8 Å². The van der Waals surface area contributed by atoms with E-state index in [0.717, 1.165) is 25.1 Å². The zero-order valence-corrected chi connectivity index (χ0v) is 10.0. The van der Waals surface area contributed by atoms with Crippen molar-refractivity contribution in [3.05, 3.63) is 29.8 Å². The minimum atomic E-state index is 0.0923. The van der Waals surface area contributed by atoms with Crippen molar-refractivity contribution in [2.45, 2.75) is 38.0 Å². The average Bonchev–Trinajstić information content (AvgIpc) is 2.39. The Morgan fingerprint density at radius 1 is 1.12 bits per heavy atom. The summed E-state index contributed by atoms with van der Waals surface area (Å²) in [6.07, 6.45) is 5.18. The smallest absolute Gasteiger partial charge is 0.137 e. The molecule has 0 saturated carbocycles. The Bertz CT molecular complexity index is 374. The summed E-state index contributed by atoms with van der Waals surface area (Å²) in [7, 11) is 0. The molecule has 0 spiro atoms. The molecule has 0 amide bonds. The second kappa shape index (κ2) is 4.67. The van der Waals surface area contributed by atoms with Crippen molar-refractivity contribution < 1.29 is 9.84 Å². The molecule has 3 rings (SSSR count). The molecule has 17 heavy (non-hydrogen) atoms. The van der Waals surface area contributed by atoms with Crippen molar-refractivity contribution >= 4 is 0 Å². The molecule has 0 aromatic heterocycles. The minimum absolute atomic E-state index is 0.0923. The first-order chi connectivity index (χ1) is 8.34. The van der Waals surface area contributed by atoms with Crippen LogP contribution < -0.4 is 0 Å². The van der Waals surface area contributed by atoms with Crippen LogP contribution >= 0.6 is 0 Å². The zero-order chi connectivity index (χ0) is 11.7. The first kappa shape index (κ1) is 11.1. The molecule has 2 saturated heterocycles. The van der Waals surface area contributed by atoms with Gasteiger partial charge in [-0.1, -0.05) is 18.6 Å². The molecule has 2 aliphatic heterocycles. The summed E-state index contributed by atoms with van der Waals surface area (Å²) in [5.41, 5.74) is 1.16. The highest BCUT2D eigenvalue weighted by molar-refractivity contribution is 5.27. The number of rotatable bonds is 1. The third kappa shape index (κ3) is 2.17. The number of ether oxygens (including phenoxy) is 1. The van der Waals surface area contributed by atoms with E-state index in [1.54, 1.807) is 12.1 Å². The zero-order valence-electron chi connectivity index (χ0n) is 10.0. The average molecular weight is 233 g/mol. The van der Waals surface area contributed by atoms with Crippen LogP contribution in [-0.4, -0.2) is 29.2 Å². The van der Waals surface area contributed by atoms with Crippen LogP contribution in [0.5, 0.6) is 5.75 Å². The second-order valence-corrected chi connectivity index (χ2v) is 4.99. The number of phenolic OH excluding ortho intramolecular Hbond substituents is 1. The number of hydrogen-bond acceptors (Lipinski definition) is 3. The maximum Gasteiger partial charge on any atom is 0.137 e. The predicted octanol–water partition coefficient (Wildman–Crippen LogP) is 2.67. The fraction of sp³-hybridized carbons (Fsp3) is 0.571. The van der Waals surface area contributed by atoms with E-state index in [1.165, 1.54) is 19.3 Å². The fourth-order valence-corrected chi connectivity index (χ4v) is 2.98. The van der Waals surface area contributed by atoms with Crippen molar-refractivity contribution in [2.75, 3.05) is 13.2 Å². The molecule has 0 radical (unpaired) electrons. The number of hydrogen-bond donors (Lipinski definition) is 1. The predicted molar refractivity (Wildman–Crippen MR) is 65.8 cm³/mol. The Morgan fingerprint density at radius 2 is 1.94 bits per heavy atom. The highest BCUT2D eigenvalue weighted by Crippen LogP contribution is 2.35. The highest BCUT2D eigenvalue weighted by Gasteiger charge is 2.33. The Labute approximate surface area is 102 Å². The SMILES string of the molecule is Oc1ccc([C@@H]2OCC[C@H]3CCCCN32)cc1. The van der Waals surface area contributed by atoms with Gasteiger partial charge in [0.1, 0.15) is 12.0 Å². The number of nitrogens with zero attached hydrogens (tertiary/aromatic N) is 1. The standard InChI is InChI=1S/C14H19NO2/c16-13-6-4-11(5-7-13)14-15-9-2-1-3-12(15)8-10-17-14/h4-7,12,14,16H,1-3,8-10H2/t12-,14+/m1/s1. The number of aromatic hydroxyl groups is 1. The first-order valence-electron chi connectivity index (χ1n) is 6.51. The molecule has 0 bridgehead atoms. The Hall–Kier alpha value is -1.06. The van der Waals surface area contributed by atoms with Gasteiger partial charge in [0, 0.05) is 12.6 Å². The van der Waals surface area contributed by atoms with Gasteiger partial charge in [-0.3, -0.25) is 4.90 Å². The lowest BCUT2D eigenvalue weighted by atomic mass is 9.96. The van der Waals surface area contributed by atoms with Crippen LogP contribution in [0, 0.1) is 0 Å². The van der Waals surface area contributed by atoms with Crippen LogP contribution in [0.3, 0.4) is 0 Å². The molecule has 2 heterocycles. The van der Waals surface area contributed by atoms with Crippen molar-refractivity contribution in [3.63, 3.8) is 0 Å². The largest absolute Gasteiger partial charge is 0.508 e.